The number of hydrogen-bond acceptors (Lipinski definition) is 4. The predicted octanol–water partition coefficient (Wildman–Crippen LogP) is -0.0640. The minimum absolute atomic E-state index is 0.211. The van der Waals surface area contributed by atoms with Crippen molar-refractivity contribution in [3.8, 4) is 0 Å². The molecule has 0 aliphatic carbocycles. The Morgan fingerprint density at radius 3 is 2.50 bits per heavy atom. The number of nitrogens with zero attached hydrogens (tertiary/aromatic N) is 1. The molecule has 4 N–H and O–H groups in total. The smallest absolute Gasteiger partial charge is 0.237 e. The van der Waals surface area contributed by atoms with E-state index in [0.717, 1.165) is 13.1 Å². The van der Waals surface area contributed by atoms with Crippen molar-refractivity contribution in [1.82, 2.24) is 4.90 Å². The Bertz CT molecular complexity index is 219. The van der Waals surface area contributed by atoms with Crippen LogP contribution in [0.4, 0.5) is 0 Å². The zero-order valence-electron chi connectivity index (χ0n) is 10.8. The molecule has 2 unspecified atom stereocenters. The fraction of sp³-hybridized carbons (Fsp3) is 0.909. The van der Waals surface area contributed by atoms with Crippen LogP contribution in [0.2, 0.25) is 0 Å². The number of rotatable bonds is 8. The summed E-state index contributed by atoms with van der Waals surface area (Å²) in [5, 5.41) is 0. The van der Waals surface area contributed by atoms with Crippen LogP contribution in [0.3, 0.4) is 0 Å². The Balaban J connectivity index is 4.29. The van der Waals surface area contributed by atoms with Crippen molar-refractivity contribution in [1.29, 1.82) is 0 Å². The number of carbonyl (C=O) groups excluding carboxylic acids is 1. The standard InChI is InChI=1S/C11H25N3O2/c1-5-14(6-7-16-4)9(2)8-11(3,13)10(12)15/h9H,5-8,13H2,1-4H3,(H2,12,15). The number of primary amides is 1. The van der Waals surface area contributed by atoms with Crippen LogP contribution in [0.5, 0.6) is 0 Å². The second-order valence-corrected chi connectivity index (χ2v) is 4.46. The van der Waals surface area contributed by atoms with Crippen LogP contribution in [0.25, 0.3) is 0 Å². The Kier molecular flexibility index (Phi) is 6.55. The van der Waals surface area contributed by atoms with Gasteiger partial charge in [-0.25, -0.2) is 0 Å². The van der Waals surface area contributed by atoms with Crippen LogP contribution in [0, 0.1) is 0 Å². The van der Waals surface area contributed by atoms with Crippen molar-refractivity contribution in [2.24, 2.45) is 11.5 Å². The molecule has 0 aliphatic heterocycles. The number of ether oxygens (including phenoxy) is 1. The largest absolute Gasteiger partial charge is 0.383 e. The number of amides is 1. The van der Waals surface area contributed by atoms with Gasteiger partial charge in [0.25, 0.3) is 0 Å². The van der Waals surface area contributed by atoms with E-state index >= 15 is 0 Å². The van der Waals surface area contributed by atoms with Crippen molar-refractivity contribution >= 4 is 5.91 Å². The number of likely N-dealkylation sites (N-methyl/N-ethyl adjacent to an activating group) is 1. The Hall–Kier alpha value is -0.650. The first kappa shape index (κ1) is 15.3. The second kappa shape index (κ2) is 6.83. The maximum absolute atomic E-state index is 11.1. The van der Waals surface area contributed by atoms with E-state index in [1.165, 1.54) is 0 Å². The molecule has 0 spiro atoms. The van der Waals surface area contributed by atoms with E-state index in [2.05, 4.69) is 11.8 Å². The summed E-state index contributed by atoms with van der Waals surface area (Å²) in [4.78, 5) is 13.4. The van der Waals surface area contributed by atoms with Crippen LogP contribution in [0.1, 0.15) is 27.2 Å². The molecule has 0 saturated heterocycles. The molecule has 16 heavy (non-hydrogen) atoms. The lowest BCUT2D eigenvalue weighted by atomic mass is 9.93. The lowest BCUT2D eigenvalue weighted by molar-refractivity contribution is -0.123. The fourth-order valence-electron chi connectivity index (χ4n) is 1.74. The molecule has 0 rings (SSSR count). The summed E-state index contributed by atoms with van der Waals surface area (Å²) < 4.78 is 5.04. The molecule has 0 aromatic rings. The summed E-state index contributed by atoms with van der Waals surface area (Å²) in [6, 6.07) is 0.211. The average Bonchev–Trinajstić information content (AvgIpc) is 2.18. The number of methoxy groups -OCH3 is 1. The molecule has 0 bridgehead atoms. The molecule has 0 aromatic carbocycles. The first-order valence-corrected chi connectivity index (χ1v) is 5.67. The van der Waals surface area contributed by atoms with E-state index in [4.69, 9.17) is 16.2 Å². The lowest BCUT2D eigenvalue weighted by Gasteiger charge is -2.32. The van der Waals surface area contributed by atoms with Gasteiger partial charge in [-0.3, -0.25) is 9.69 Å². The monoisotopic (exact) mass is 231 g/mol. The summed E-state index contributed by atoms with van der Waals surface area (Å²) in [6.07, 6.45) is 0.555. The van der Waals surface area contributed by atoms with Crippen molar-refractivity contribution < 1.29 is 9.53 Å². The van der Waals surface area contributed by atoms with Gasteiger partial charge in [-0.2, -0.15) is 0 Å². The summed E-state index contributed by atoms with van der Waals surface area (Å²) in [5.41, 5.74) is 10.2. The maximum atomic E-state index is 11.1. The van der Waals surface area contributed by atoms with Gasteiger partial charge in [-0.15, -0.1) is 0 Å². The molecule has 0 radical (unpaired) electrons. The van der Waals surface area contributed by atoms with Crippen molar-refractivity contribution in [3.63, 3.8) is 0 Å². The molecule has 0 heterocycles. The number of hydrogen-bond donors (Lipinski definition) is 2. The first-order valence-electron chi connectivity index (χ1n) is 5.67. The van der Waals surface area contributed by atoms with Gasteiger partial charge < -0.3 is 16.2 Å². The Morgan fingerprint density at radius 1 is 1.56 bits per heavy atom. The molecule has 0 aliphatic rings. The highest BCUT2D eigenvalue weighted by Crippen LogP contribution is 2.13. The third-order valence-electron chi connectivity index (χ3n) is 2.89. The Labute approximate surface area is 98.1 Å². The van der Waals surface area contributed by atoms with E-state index in [-0.39, 0.29) is 6.04 Å². The zero-order chi connectivity index (χ0) is 12.8. The van der Waals surface area contributed by atoms with Crippen molar-refractivity contribution in [3.05, 3.63) is 0 Å². The van der Waals surface area contributed by atoms with Crippen LogP contribution < -0.4 is 11.5 Å². The van der Waals surface area contributed by atoms with Gasteiger partial charge in [-0.05, 0) is 26.8 Å². The van der Waals surface area contributed by atoms with Gasteiger partial charge in [0.15, 0.2) is 0 Å². The zero-order valence-corrected chi connectivity index (χ0v) is 10.8. The van der Waals surface area contributed by atoms with Crippen LogP contribution >= 0.6 is 0 Å². The van der Waals surface area contributed by atoms with Gasteiger partial charge in [0.2, 0.25) is 5.91 Å². The van der Waals surface area contributed by atoms with E-state index in [1.54, 1.807) is 14.0 Å². The predicted molar refractivity (Wildman–Crippen MR) is 65.0 cm³/mol. The van der Waals surface area contributed by atoms with E-state index in [1.807, 2.05) is 6.92 Å². The summed E-state index contributed by atoms with van der Waals surface area (Å²) in [7, 11) is 1.68. The third-order valence-corrected chi connectivity index (χ3v) is 2.89. The molecular formula is C11H25N3O2. The van der Waals surface area contributed by atoms with Gasteiger partial charge >= 0.3 is 0 Å². The van der Waals surface area contributed by atoms with Gasteiger partial charge in [0.1, 0.15) is 0 Å². The minimum atomic E-state index is -0.945. The molecule has 5 nitrogen and oxygen atoms in total. The molecule has 0 aromatic heterocycles. The molecule has 2 atom stereocenters. The van der Waals surface area contributed by atoms with Crippen LogP contribution in [-0.2, 0) is 9.53 Å². The van der Waals surface area contributed by atoms with E-state index in [9.17, 15) is 4.79 Å². The lowest BCUT2D eigenvalue weighted by Crippen LogP contribution is -2.53. The van der Waals surface area contributed by atoms with Crippen LogP contribution in [-0.4, -0.2) is 49.2 Å². The van der Waals surface area contributed by atoms with Crippen molar-refractivity contribution in [2.75, 3.05) is 26.8 Å². The molecule has 1 amide bonds. The fourth-order valence-corrected chi connectivity index (χ4v) is 1.74. The molecule has 0 saturated carbocycles. The third kappa shape index (κ3) is 4.92. The highest BCUT2D eigenvalue weighted by molar-refractivity contribution is 5.83. The maximum Gasteiger partial charge on any atom is 0.237 e. The molecule has 0 fully saturated rings. The topological polar surface area (TPSA) is 81.6 Å². The normalized spacial score (nSPS) is 17.1. The van der Waals surface area contributed by atoms with Gasteiger partial charge in [0, 0.05) is 19.7 Å². The van der Waals surface area contributed by atoms with Gasteiger partial charge in [0.05, 0.1) is 12.1 Å². The van der Waals surface area contributed by atoms with Crippen LogP contribution in [0.15, 0.2) is 0 Å². The second-order valence-electron chi connectivity index (χ2n) is 4.46. The average molecular weight is 231 g/mol. The van der Waals surface area contributed by atoms with Gasteiger partial charge in [-0.1, -0.05) is 6.92 Å². The molecule has 5 heteroatoms. The highest BCUT2D eigenvalue weighted by atomic mass is 16.5. The highest BCUT2D eigenvalue weighted by Gasteiger charge is 2.29. The van der Waals surface area contributed by atoms with Crippen molar-refractivity contribution in [2.45, 2.75) is 38.8 Å². The SMILES string of the molecule is CCN(CCOC)C(C)CC(C)(N)C(N)=O. The van der Waals surface area contributed by atoms with E-state index < -0.39 is 11.4 Å². The number of nitrogens with two attached hydrogens (primary N) is 2. The first-order chi connectivity index (χ1) is 7.35. The molecular weight excluding hydrogens is 206 g/mol. The minimum Gasteiger partial charge on any atom is -0.383 e. The Morgan fingerprint density at radius 2 is 2.12 bits per heavy atom. The summed E-state index contributed by atoms with van der Waals surface area (Å²) in [6.45, 7) is 8.21. The quantitative estimate of drug-likeness (QED) is 0.613. The number of carbonyl (C=O) groups is 1. The van der Waals surface area contributed by atoms with E-state index in [0.29, 0.717) is 13.0 Å². The molecule has 96 valence electrons. The summed E-state index contributed by atoms with van der Waals surface area (Å²) in [5.74, 6) is -0.456. The summed E-state index contributed by atoms with van der Waals surface area (Å²) >= 11 is 0.